The number of rotatable bonds is 9. The number of allylic oxidation sites excluding steroid dienone is 1. The zero-order valence-electron chi connectivity index (χ0n) is 18.3. The molecule has 0 radical (unpaired) electrons. The van der Waals surface area contributed by atoms with Gasteiger partial charge < -0.3 is 5.32 Å². The van der Waals surface area contributed by atoms with E-state index in [1.807, 2.05) is 0 Å². The van der Waals surface area contributed by atoms with Gasteiger partial charge in [-0.3, -0.25) is 9.59 Å². The smallest absolute Gasteiger partial charge is 0.353 e. The van der Waals surface area contributed by atoms with Crippen molar-refractivity contribution in [1.29, 1.82) is 0 Å². The fourth-order valence-corrected chi connectivity index (χ4v) is 3.91. The maximum Gasteiger partial charge on any atom is 0.399 e. The Hall–Kier alpha value is -2.09. The van der Waals surface area contributed by atoms with Crippen molar-refractivity contribution in [1.82, 2.24) is 5.32 Å². The van der Waals surface area contributed by atoms with E-state index in [9.17, 15) is 27.2 Å². The first-order valence-corrected chi connectivity index (χ1v) is 11.4. The molecule has 34 heavy (non-hydrogen) atoms. The Kier molecular flexibility index (Phi) is 9.97. The van der Waals surface area contributed by atoms with E-state index >= 15 is 0 Å². The SMILES string of the molecule is Cc1cc(/C=C/C(c2cc(Cl)c(Cl)c(Cl)c2)C(F)(F)F)ccc1C(=O)CC(C)C(=O)NCCF. The number of carbonyl (C=O) groups excluding carboxylic acids is 2. The minimum absolute atomic E-state index is 0.0259. The molecule has 0 fully saturated rings. The summed E-state index contributed by atoms with van der Waals surface area (Å²) in [5, 5.41) is 2.19. The van der Waals surface area contributed by atoms with Gasteiger partial charge in [0, 0.05) is 24.4 Å². The number of aryl methyl sites for hydroxylation is 1. The van der Waals surface area contributed by atoms with E-state index in [0.717, 1.165) is 18.2 Å². The van der Waals surface area contributed by atoms with Crippen LogP contribution in [0.3, 0.4) is 0 Å². The predicted molar refractivity (Wildman–Crippen MR) is 128 cm³/mol. The van der Waals surface area contributed by atoms with Gasteiger partial charge in [-0.05, 0) is 35.7 Å². The molecule has 0 aliphatic rings. The zero-order chi connectivity index (χ0) is 25.6. The number of hydrogen-bond donors (Lipinski definition) is 1. The molecule has 0 heterocycles. The summed E-state index contributed by atoms with van der Waals surface area (Å²) in [4.78, 5) is 24.4. The van der Waals surface area contributed by atoms with Gasteiger partial charge in [-0.1, -0.05) is 72.1 Å². The highest BCUT2D eigenvalue weighted by Gasteiger charge is 2.39. The standard InChI is InChI=1S/C24H22Cl3F4NO2/c1-13-9-15(3-5-17(13)21(33)10-14(2)23(34)32-8-7-28)4-6-18(24(29,30)31)16-11-19(25)22(27)20(26)12-16/h3-6,9,11-12,14,18H,7-8,10H2,1-2H3,(H,32,34)/b6-4+. The molecule has 0 bridgehead atoms. The largest absolute Gasteiger partial charge is 0.399 e. The molecule has 1 N–H and O–H groups in total. The average Bonchev–Trinajstić information content (AvgIpc) is 2.74. The Morgan fingerprint density at radius 3 is 2.24 bits per heavy atom. The first-order valence-electron chi connectivity index (χ1n) is 10.2. The van der Waals surface area contributed by atoms with Crippen LogP contribution in [0, 0.1) is 12.8 Å². The van der Waals surface area contributed by atoms with Gasteiger partial charge in [-0.25, -0.2) is 4.39 Å². The molecular formula is C24H22Cl3F4NO2. The molecule has 1 amide bonds. The molecule has 2 aromatic rings. The fraction of sp³-hybridized carbons (Fsp3) is 0.333. The third-order valence-corrected chi connectivity index (χ3v) is 6.28. The lowest BCUT2D eigenvalue weighted by atomic mass is 9.94. The van der Waals surface area contributed by atoms with E-state index in [2.05, 4.69) is 5.32 Å². The van der Waals surface area contributed by atoms with Crippen LogP contribution in [0.1, 0.15) is 46.3 Å². The first-order chi connectivity index (χ1) is 15.8. The summed E-state index contributed by atoms with van der Waals surface area (Å²) >= 11 is 17.6. The number of carbonyl (C=O) groups is 2. The second-order valence-electron chi connectivity index (χ2n) is 7.76. The number of amides is 1. The molecule has 184 valence electrons. The lowest BCUT2D eigenvalue weighted by Gasteiger charge is -2.18. The van der Waals surface area contributed by atoms with E-state index in [0.29, 0.717) is 16.7 Å². The van der Waals surface area contributed by atoms with Crippen molar-refractivity contribution in [2.45, 2.75) is 32.4 Å². The Morgan fingerprint density at radius 2 is 1.71 bits per heavy atom. The average molecular weight is 539 g/mol. The van der Waals surface area contributed by atoms with Crippen molar-refractivity contribution in [3.63, 3.8) is 0 Å². The van der Waals surface area contributed by atoms with Gasteiger partial charge in [0.15, 0.2) is 5.78 Å². The highest BCUT2D eigenvalue weighted by molar-refractivity contribution is 6.48. The van der Waals surface area contributed by atoms with Crippen LogP contribution in [-0.4, -0.2) is 31.1 Å². The Labute approximate surface area is 210 Å². The molecule has 0 aromatic heterocycles. The Bertz CT molecular complexity index is 1060. The van der Waals surface area contributed by atoms with Crippen molar-refractivity contribution < 1.29 is 27.2 Å². The van der Waals surface area contributed by atoms with Gasteiger partial charge >= 0.3 is 6.18 Å². The second kappa shape index (κ2) is 12.0. The van der Waals surface area contributed by atoms with Crippen molar-refractivity contribution in [3.8, 4) is 0 Å². The summed E-state index contributed by atoms with van der Waals surface area (Å²) in [5.41, 5.74) is 1.19. The van der Waals surface area contributed by atoms with Gasteiger partial charge in [-0.15, -0.1) is 0 Å². The van der Waals surface area contributed by atoms with E-state index in [4.69, 9.17) is 34.8 Å². The summed E-state index contributed by atoms with van der Waals surface area (Å²) in [6.45, 7) is 2.39. The number of hydrogen-bond acceptors (Lipinski definition) is 2. The minimum atomic E-state index is -4.61. The van der Waals surface area contributed by atoms with Crippen LogP contribution in [0.5, 0.6) is 0 Å². The molecule has 2 unspecified atom stereocenters. The maximum absolute atomic E-state index is 13.7. The van der Waals surface area contributed by atoms with Crippen LogP contribution in [0.2, 0.25) is 15.1 Å². The Morgan fingerprint density at radius 1 is 1.09 bits per heavy atom. The van der Waals surface area contributed by atoms with Crippen LogP contribution in [-0.2, 0) is 4.79 Å². The lowest BCUT2D eigenvalue weighted by molar-refractivity contribution is -0.139. The number of Topliss-reactive ketones (excluding diaryl/α,β-unsaturated/α-hetero) is 1. The van der Waals surface area contributed by atoms with Gasteiger partial charge in [0.05, 0.1) is 21.0 Å². The van der Waals surface area contributed by atoms with Crippen LogP contribution < -0.4 is 5.32 Å². The summed E-state index contributed by atoms with van der Waals surface area (Å²) in [7, 11) is 0. The third kappa shape index (κ3) is 7.45. The maximum atomic E-state index is 13.7. The highest BCUT2D eigenvalue weighted by atomic mass is 35.5. The van der Waals surface area contributed by atoms with Crippen molar-refractivity contribution in [3.05, 3.63) is 73.7 Å². The quantitative estimate of drug-likeness (QED) is 0.203. The van der Waals surface area contributed by atoms with E-state index in [1.54, 1.807) is 19.9 Å². The minimum Gasteiger partial charge on any atom is -0.353 e. The predicted octanol–water partition coefficient (Wildman–Crippen LogP) is 7.61. The fourth-order valence-electron chi connectivity index (χ4n) is 3.30. The highest BCUT2D eigenvalue weighted by Crippen LogP contribution is 2.41. The van der Waals surface area contributed by atoms with Crippen molar-refractivity contribution in [2.75, 3.05) is 13.2 Å². The first kappa shape index (κ1) is 28.1. The van der Waals surface area contributed by atoms with Crippen molar-refractivity contribution in [2.24, 2.45) is 5.92 Å². The summed E-state index contributed by atoms with van der Waals surface area (Å²) in [6, 6.07) is 6.83. The molecule has 2 atom stereocenters. The normalized spacial score (nSPS) is 13.7. The summed E-state index contributed by atoms with van der Waals surface area (Å²) in [5.74, 6) is -3.35. The molecule has 0 aliphatic carbocycles. The number of alkyl halides is 4. The van der Waals surface area contributed by atoms with Crippen LogP contribution in [0.4, 0.5) is 17.6 Å². The number of ketones is 1. The Balaban J connectivity index is 2.23. The van der Waals surface area contributed by atoms with Crippen LogP contribution >= 0.6 is 34.8 Å². The molecular weight excluding hydrogens is 517 g/mol. The number of halogens is 7. The molecule has 0 spiro atoms. The van der Waals surface area contributed by atoms with Crippen LogP contribution in [0.25, 0.3) is 6.08 Å². The van der Waals surface area contributed by atoms with E-state index < -0.39 is 30.6 Å². The lowest BCUT2D eigenvalue weighted by Crippen LogP contribution is -2.32. The van der Waals surface area contributed by atoms with Gasteiger partial charge in [0.25, 0.3) is 0 Å². The molecule has 2 rings (SSSR count). The van der Waals surface area contributed by atoms with Gasteiger partial charge in [0.2, 0.25) is 5.91 Å². The third-order valence-electron chi connectivity index (χ3n) is 5.08. The molecule has 0 aliphatic heterocycles. The van der Waals surface area contributed by atoms with Gasteiger partial charge in [0.1, 0.15) is 6.67 Å². The zero-order valence-corrected chi connectivity index (χ0v) is 20.5. The topological polar surface area (TPSA) is 46.2 Å². The number of benzene rings is 2. The monoisotopic (exact) mass is 537 g/mol. The summed E-state index contributed by atoms with van der Waals surface area (Å²) < 4.78 is 53.3. The number of nitrogens with one attached hydrogen (secondary N) is 1. The van der Waals surface area contributed by atoms with Crippen molar-refractivity contribution >= 4 is 52.6 Å². The van der Waals surface area contributed by atoms with Gasteiger partial charge in [-0.2, -0.15) is 13.2 Å². The molecule has 3 nitrogen and oxygen atoms in total. The molecule has 10 heteroatoms. The van der Waals surface area contributed by atoms with E-state index in [-0.39, 0.29) is 39.4 Å². The van der Waals surface area contributed by atoms with Crippen LogP contribution in [0.15, 0.2) is 36.4 Å². The summed E-state index contributed by atoms with van der Waals surface area (Å²) in [6.07, 6.45) is -2.42. The molecule has 0 saturated heterocycles. The van der Waals surface area contributed by atoms with E-state index in [1.165, 1.54) is 18.2 Å². The molecule has 0 saturated carbocycles. The second-order valence-corrected chi connectivity index (χ2v) is 8.95. The molecule has 2 aromatic carbocycles.